The van der Waals surface area contributed by atoms with Gasteiger partial charge in [0.1, 0.15) is 17.1 Å². The standard InChI is InChI=1S/C22H17N5O5S2.Na/c28-14-7-6-12-9-23-22(26-18(12)25-14)34-13-10-33-20-16(19(30)27(20)17(13)21(31)32)24-15(29)8-11-4-2-1-3-5-11;/h1-7,9,16,20H,8,10H2,(H,24,29)(H,31,32)(H,23,25,26,28);/q;+1/p-1/t16?,20-;/m1./s1. The van der Waals surface area contributed by atoms with Crippen LogP contribution in [-0.2, 0) is 20.8 Å². The molecule has 13 heteroatoms. The van der Waals surface area contributed by atoms with E-state index in [2.05, 4.69) is 20.3 Å². The fourth-order valence-corrected chi connectivity index (χ4v) is 6.12. The number of carbonyl (C=O) groups excluding carboxylic acids is 3. The van der Waals surface area contributed by atoms with E-state index in [0.717, 1.165) is 22.2 Å². The van der Waals surface area contributed by atoms with Crippen molar-refractivity contribution in [1.29, 1.82) is 0 Å². The zero-order valence-corrected chi connectivity index (χ0v) is 22.0. The number of thioether (sulfide) groups is 2. The molecule has 0 aliphatic carbocycles. The Morgan fingerprint density at radius 1 is 1.20 bits per heavy atom. The fraction of sp³-hybridized carbons (Fsp3) is 0.182. The van der Waals surface area contributed by atoms with Crippen molar-refractivity contribution in [2.75, 3.05) is 5.75 Å². The number of carbonyl (C=O) groups is 3. The largest absolute Gasteiger partial charge is 1.00 e. The number of carboxylic acid groups (broad SMARTS) is 1. The summed E-state index contributed by atoms with van der Waals surface area (Å²) in [5.41, 5.74) is 0.561. The monoisotopic (exact) mass is 517 g/mol. The number of H-pyrrole nitrogens is 1. The molecule has 172 valence electrons. The summed E-state index contributed by atoms with van der Waals surface area (Å²) < 4.78 is 0. The number of amides is 2. The second kappa shape index (κ2) is 10.5. The van der Waals surface area contributed by atoms with Crippen LogP contribution in [0.25, 0.3) is 11.0 Å². The zero-order valence-electron chi connectivity index (χ0n) is 18.4. The molecule has 0 saturated carbocycles. The van der Waals surface area contributed by atoms with E-state index >= 15 is 0 Å². The number of aromatic nitrogens is 3. The van der Waals surface area contributed by atoms with E-state index in [-0.39, 0.29) is 64.1 Å². The Kier molecular flexibility index (Phi) is 7.67. The minimum Gasteiger partial charge on any atom is -0.543 e. The molecule has 10 nitrogen and oxygen atoms in total. The molecule has 1 aromatic carbocycles. The molecule has 1 unspecified atom stereocenters. The summed E-state index contributed by atoms with van der Waals surface area (Å²) in [7, 11) is 0. The molecule has 1 saturated heterocycles. The summed E-state index contributed by atoms with van der Waals surface area (Å²) >= 11 is 2.33. The van der Waals surface area contributed by atoms with Gasteiger partial charge in [0.05, 0.1) is 18.1 Å². The summed E-state index contributed by atoms with van der Waals surface area (Å²) in [5, 5.41) is 15.0. The van der Waals surface area contributed by atoms with E-state index in [0.29, 0.717) is 15.9 Å². The smallest absolute Gasteiger partial charge is 0.543 e. The van der Waals surface area contributed by atoms with E-state index in [1.54, 1.807) is 6.07 Å². The van der Waals surface area contributed by atoms with Crippen molar-refractivity contribution in [1.82, 2.24) is 25.2 Å². The quantitative estimate of drug-likeness (QED) is 0.199. The predicted octanol–water partition coefficient (Wildman–Crippen LogP) is -2.98. The molecule has 35 heavy (non-hydrogen) atoms. The van der Waals surface area contributed by atoms with Gasteiger partial charge in [-0.05, 0) is 11.6 Å². The number of hydrogen-bond acceptors (Lipinski definition) is 9. The third kappa shape index (κ3) is 5.16. The molecule has 4 heterocycles. The maximum absolute atomic E-state index is 12.8. The number of benzene rings is 1. The van der Waals surface area contributed by atoms with Gasteiger partial charge in [-0.1, -0.05) is 42.1 Å². The minimum atomic E-state index is -1.50. The molecule has 0 spiro atoms. The summed E-state index contributed by atoms with van der Waals surface area (Å²) in [6.45, 7) is 0. The van der Waals surface area contributed by atoms with E-state index in [4.69, 9.17) is 0 Å². The molecular weight excluding hydrogens is 501 g/mol. The molecule has 1 fully saturated rings. The molecule has 2 aromatic heterocycles. The summed E-state index contributed by atoms with van der Waals surface area (Å²) in [4.78, 5) is 61.3. The van der Waals surface area contributed by atoms with Gasteiger partial charge in [-0.2, -0.15) is 0 Å². The van der Waals surface area contributed by atoms with E-state index in [1.165, 1.54) is 24.0 Å². The van der Waals surface area contributed by atoms with Gasteiger partial charge in [0.2, 0.25) is 11.5 Å². The van der Waals surface area contributed by atoms with Crippen molar-refractivity contribution in [2.24, 2.45) is 0 Å². The van der Waals surface area contributed by atoms with Gasteiger partial charge in [-0.3, -0.25) is 19.3 Å². The van der Waals surface area contributed by atoms with Crippen LogP contribution in [-0.4, -0.2) is 54.8 Å². The number of nitrogens with one attached hydrogen (secondary N) is 2. The van der Waals surface area contributed by atoms with Gasteiger partial charge in [0.25, 0.3) is 5.91 Å². The van der Waals surface area contributed by atoms with Crippen LogP contribution in [0, 0.1) is 0 Å². The Hall–Kier alpha value is -2.64. The molecule has 2 aliphatic heterocycles. The average molecular weight is 518 g/mol. The van der Waals surface area contributed by atoms with Gasteiger partial charge in [0.15, 0.2) is 5.16 Å². The first kappa shape index (κ1) is 25.5. The fourth-order valence-electron chi connectivity index (χ4n) is 3.75. The van der Waals surface area contributed by atoms with Gasteiger partial charge < -0.3 is 20.2 Å². The Labute approximate surface area is 229 Å². The first-order valence-electron chi connectivity index (χ1n) is 10.2. The Morgan fingerprint density at radius 3 is 2.71 bits per heavy atom. The number of β-lactam (4-membered cyclic amide) rings is 1. The number of rotatable bonds is 6. The van der Waals surface area contributed by atoms with Crippen molar-refractivity contribution in [3.8, 4) is 0 Å². The predicted molar refractivity (Wildman–Crippen MR) is 123 cm³/mol. The van der Waals surface area contributed by atoms with E-state index in [1.807, 2.05) is 30.3 Å². The van der Waals surface area contributed by atoms with Crippen LogP contribution in [0.1, 0.15) is 5.56 Å². The van der Waals surface area contributed by atoms with Crippen molar-refractivity contribution in [3.05, 3.63) is 75.2 Å². The van der Waals surface area contributed by atoms with Gasteiger partial charge in [0, 0.05) is 28.3 Å². The van der Waals surface area contributed by atoms with Gasteiger partial charge >= 0.3 is 29.6 Å². The third-order valence-electron chi connectivity index (χ3n) is 5.32. The number of carboxylic acids is 1. The molecule has 2 atom stereocenters. The van der Waals surface area contributed by atoms with Crippen LogP contribution in [0.5, 0.6) is 0 Å². The first-order chi connectivity index (χ1) is 16.4. The van der Waals surface area contributed by atoms with Crippen molar-refractivity contribution >= 4 is 52.3 Å². The van der Waals surface area contributed by atoms with E-state index < -0.39 is 23.3 Å². The SMILES string of the molecule is O=C(Cc1ccccc1)NC1C(=O)N2C(C(=O)[O-])=C(Sc3ncc4ccc(=O)[nH]c4n3)CS[C@H]12.[Na+]. The molecule has 2 aliphatic rings. The molecule has 0 radical (unpaired) electrons. The average Bonchev–Trinajstić information content (AvgIpc) is 2.82. The van der Waals surface area contributed by atoms with Crippen LogP contribution in [0.4, 0.5) is 0 Å². The summed E-state index contributed by atoms with van der Waals surface area (Å²) in [5.74, 6) is -2.06. The molecule has 2 amide bonds. The Balaban J connectivity index is 0.00000289. The number of aromatic amines is 1. The number of pyridine rings is 1. The first-order valence-corrected chi connectivity index (χ1v) is 12.0. The number of nitrogens with zero attached hydrogens (tertiary/aromatic N) is 3. The van der Waals surface area contributed by atoms with Crippen LogP contribution in [0.2, 0.25) is 0 Å². The zero-order chi connectivity index (χ0) is 23.8. The van der Waals surface area contributed by atoms with Crippen molar-refractivity contribution < 1.29 is 49.0 Å². The topological polar surface area (TPSA) is 148 Å². The maximum atomic E-state index is 12.8. The van der Waals surface area contributed by atoms with Gasteiger partial charge in [-0.15, -0.1) is 11.8 Å². The van der Waals surface area contributed by atoms with Crippen LogP contribution in [0.15, 0.2) is 69.2 Å². The Bertz CT molecular complexity index is 1410. The third-order valence-corrected chi connectivity index (χ3v) is 7.74. The molecule has 2 N–H and O–H groups in total. The van der Waals surface area contributed by atoms with Crippen LogP contribution >= 0.6 is 23.5 Å². The van der Waals surface area contributed by atoms with Crippen LogP contribution in [0.3, 0.4) is 0 Å². The number of aliphatic carboxylic acids is 1. The molecule has 3 aromatic rings. The summed E-state index contributed by atoms with van der Waals surface area (Å²) in [6.07, 6.45) is 1.64. The molecular formula is C22H16N5NaO5S2. The molecule has 0 bridgehead atoms. The number of fused-ring (bicyclic) bond motifs is 2. The second-order valence-electron chi connectivity index (χ2n) is 7.56. The second-order valence-corrected chi connectivity index (χ2v) is 9.72. The normalized spacial score (nSPS) is 19.0. The number of hydrogen-bond donors (Lipinski definition) is 2. The summed E-state index contributed by atoms with van der Waals surface area (Å²) in [6, 6.07) is 11.2. The van der Waals surface area contributed by atoms with Crippen LogP contribution < -0.4 is 45.5 Å². The molecule has 5 rings (SSSR count). The Morgan fingerprint density at radius 2 is 1.97 bits per heavy atom. The van der Waals surface area contributed by atoms with Crippen molar-refractivity contribution in [2.45, 2.75) is 23.0 Å². The van der Waals surface area contributed by atoms with E-state index in [9.17, 15) is 24.3 Å². The minimum absolute atomic E-state index is 0. The maximum Gasteiger partial charge on any atom is 1.00 e. The van der Waals surface area contributed by atoms with Gasteiger partial charge in [-0.25, -0.2) is 9.97 Å². The van der Waals surface area contributed by atoms with Crippen molar-refractivity contribution in [3.63, 3.8) is 0 Å².